The van der Waals surface area contributed by atoms with Crippen LogP contribution >= 0.6 is 39.3 Å². The number of anilines is 1. The first-order valence-electron chi connectivity index (χ1n) is 5.60. The molecular weight excluding hydrogens is 346 g/mol. The van der Waals surface area contributed by atoms with Crippen molar-refractivity contribution in [3.63, 3.8) is 0 Å². The lowest BCUT2D eigenvalue weighted by atomic mass is 10.2. The van der Waals surface area contributed by atoms with Crippen LogP contribution in [0.2, 0.25) is 5.02 Å². The van der Waals surface area contributed by atoms with Crippen molar-refractivity contribution in [3.05, 3.63) is 51.5 Å². The lowest BCUT2D eigenvalue weighted by Gasteiger charge is -2.10. The first kappa shape index (κ1) is 14.6. The van der Waals surface area contributed by atoms with Crippen LogP contribution in [0.4, 0.5) is 5.69 Å². The summed E-state index contributed by atoms with van der Waals surface area (Å²) >= 11 is 11.3. The zero-order valence-electron chi connectivity index (χ0n) is 10.3. The van der Waals surface area contributed by atoms with Gasteiger partial charge in [0.15, 0.2) is 0 Å². The van der Waals surface area contributed by atoms with Crippen molar-refractivity contribution in [2.24, 2.45) is 0 Å². The van der Waals surface area contributed by atoms with Gasteiger partial charge in [-0.1, -0.05) is 27.5 Å². The van der Waals surface area contributed by atoms with Crippen LogP contribution in [0.3, 0.4) is 0 Å². The molecule has 19 heavy (non-hydrogen) atoms. The Balaban J connectivity index is 2.16. The van der Waals surface area contributed by atoms with E-state index in [1.54, 1.807) is 24.9 Å². The van der Waals surface area contributed by atoms with E-state index < -0.39 is 0 Å². The van der Waals surface area contributed by atoms with Crippen LogP contribution in [0.5, 0.6) is 5.75 Å². The third-order valence-corrected chi connectivity index (χ3v) is 4.62. The molecule has 0 atom stereocenters. The summed E-state index contributed by atoms with van der Waals surface area (Å²) in [5.41, 5.74) is 7.48. The second-order valence-corrected chi connectivity index (χ2v) is 6.27. The van der Waals surface area contributed by atoms with Gasteiger partial charge in [0.05, 0.1) is 12.1 Å². The molecule has 0 bridgehead atoms. The standard InChI is InChI=1S/C14H13BrClNOS/c1-18-13-4-2-10(15)6-9(13)8-19-14-5-3-11(17)7-12(14)16/h2-7H,8,17H2,1H3. The molecule has 0 spiro atoms. The molecule has 0 amide bonds. The van der Waals surface area contributed by atoms with Gasteiger partial charge in [0.25, 0.3) is 0 Å². The van der Waals surface area contributed by atoms with Crippen LogP contribution in [0.25, 0.3) is 0 Å². The second-order valence-electron chi connectivity index (χ2n) is 3.93. The average molecular weight is 359 g/mol. The smallest absolute Gasteiger partial charge is 0.122 e. The van der Waals surface area contributed by atoms with Crippen LogP contribution in [-0.2, 0) is 5.75 Å². The van der Waals surface area contributed by atoms with Crippen LogP contribution in [0, 0.1) is 0 Å². The van der Waals surface area contributed by atoms with Gasteiger partial charge >= 0.3 is 0 Å². The summed E-state index contributed by atoms with van der Waals surface area (Å²) in [6.07, 6.45) is 0. The van der Waals surface area contributed by atoms with Gasteiger partial charge in [0.1, 0.15) is 5.75 Å². The van der Waals surface area contributed by atoms with Gasteiger partial charge < -0.3 is 10.5 Å². The highest BCUT2D eigenvalue weighted by molar-refractivity contribution is 9.10. The molecule has 0 radical (unpaired) electrons. The number of hydrogen-bond acceptors (Lipinski definition) is 3. The molecule has 2 aromatic carbocycles. The molecule has 2 aromatic rings. The molecular formula is C14H13BrClNOS. The number of nitrogen functional groups attached to an aromatic ring is 1. The molecule has 0 aliphatic heterocycles. The van der Waals surface area contributed by atoms with Gasteiger partial charge in [0.2, 0.25) is 0 Å². The lowest BCUT2D eigenvalue weighted by Crippen LogP contribution is -1.91. The lowest BCUT2D eigenvalue weighted by molar-refractivity contribution is 0.411. The van der Waals surface area contributed by atoms with Crippen LogP contribution in [0.1, 0.15) is 5.56 Å². The highest BCUT2D eigenvalue weighted by Gasteiger charge is 2.07. The number of ether oxygens (including phenoxy) is 1. The van der Waals surface area contributed by atoms with E-state index >= 15 is 0 Å². The number of thioether (sulfide) groups is 1. The van der Waals surface area contributed by atoms with Gasteiger partial charge in [-0.2, -0.15) is 0 Å². The maximum atomic E-state index is 6.16. The Hall–Kier alpha value is -0.840. The van der Waals surface area contributed by atoms with Crippen molar-refractivity contribution in [1.29, 1.82) is 0 Å². The van der Waals surface area contributed by atoms with Gasteiger partial charge in [-0.3, -0.25) is 0 Å². The maximum absolute atomic E-state index is 6.16. The van der Waals surface area contributed by atoms with E-state index in [4.69, 9.17) is 22.1 Å². The second kappa shape index (κ2) is 6.55. The molecule has 2 nitrogen and oxygen atoms in total. The van der Waals surface area contributed by atoms with Crippen LogP contribution in [-0.4, -0.2) is 7.11 Å². The predicted molar refractivity (Wildman–Crippen MR) is 86.1 cm³/mol. The fourth-order valence-electron chi connectivity index (χ4n) is 1.65. The Morgan fingerprint density at radius 2 is 2.05 bits per heavy atom. The van der Waals surface area contributed by atoms with E-state index in [-0.39, 0.29) is 0 Å². The van der Waals surface area contributed by atoms with Crippen molar-refractivity contribution < 1.29 is 4.74 Å². The largest absolute Gasteiger partial charge is 0.496 e. The number of rotatable bonds is 4. The average Bonchev–Trinajstić information content (AvgIpc) is 2.38. The third kappa shape index (κ3) is 3.81. The van der Waals surface area contributed by atoms with Gasteiger partial charge in [-0.25, -0.2) is 0 Å². The summed E-state index contributed by atoms with van der Waals surface area (Å²) in [5, 5.41) is 0.680. The third-order valence-electron chi connectivity index (χ3n) is 2.58. The zero-order valence-corrected chi connectivity index (χ0v) is 13.5. The predicted octanol–water partition coefficient (Wildman–Crippen LogP) is 4.99. The van der Waals surface area contributed by atoms with E-state index in [1.807, 2.05) is 24.3 Å². The van der Waals surface area contributed by atoms with E-state index in [0.717, 1.165) is 26.4 Å². The maximum Gasteiger partial charge on any atom is 0.122 e. The quantitative estimate of drug-likeness (QED) is 0.618. The highest BCUT2D eigenvalue weighted by Crippen LogP contribution is 2.34. The van der Waals surface area contributed by atoms with Gasteiger partial charge in [-0.15, -0.1) is 11.8 Å². The summed E-state index contributed by atoms with van der Waals surface area (Å²) in [4.78, 5) is 1.01. The first-order chi connectivity index (χ1) is 9.10. The number of methoxy groups -OCH3 is 1. The fraction of sp³-hybridized carbons (Fsp3) is 0.143. The minimum absolute atomic E-state index is 0.675. The van der Waals surface area contributed by atoms with Crippen LogP contribution < -0.4 is 10.5 Å². The molecule has 100 valence electrons. The molecule has 0 aliphatic carbocycles. The molecule has 0 saturated carbocycles. The Kier molecular flexibility index (Phi) is 5.02. The molecule has 0 saturated heterocycles. The Morgan fingerprint density at radius 1 is 1.26 bits per heavy atom. The number of hydrogen-bond donors (Lipinski definition) is 1. The molecule has 0 fully saturated rings. The van der Waals surface area contributed by atoms with Crippen molar-refractivity contribution in [2.75, 3.05) is 12.8 Å². The van der Waals surface area contributed by atoms with E-state index in [9.17, 15) is 0 Å². The minimum Gasteiger partial charge on any atom is -0.496 e. The van der Waals surface area contributed by atoms with Gasteiger partial charge in [0, 0.05) is 26.4 Å². The normalized spacial score (nSPS) is 10.5. The van der Waals surface area contributed by atoms with Crippen molar-refractivity contribution in [2.45, 2.75) is 10.6 Å². The van der Waals surface area contributed by atoms with E-state index in [1.165, 1.54) is 0 Å². The number of nitrogens with two attached hydrogens (primary N) is 1. The van der Waals surface area contributed by atoms with Crippen molar-refractivity contribution in [1.82, 2.24) is 0 Å². The Bertz CT molecular complexity index is 592. The molecule has 5 heteroatoms. The molecule has 0 aliphatic rings. The monoisotopic (exact) mass is 357 g/mol. The minimum atomic E-state index is 0.675. The summed E-state index contributed by atoms with van der Waals surface area (Å²) in [7, 11) is 1.67. The van der Waals surface area contributed by atoms with Gasteiger partial charge in [-0.05, 0) is 36.4 Å². The fourth-order valence-corrected chi connectivity index (χ4v) is 3.31. The highest BCUT2D eigenvalue weighted by atomic mass is 79.9. The summed E-state index contributed by atoms with van der Waals surface area (Å²) in [6, 6.07) is 11.5. The van der Waals surface area contributed by atoms with E-state index in [2.05, 4.69) is 22.0 Å². The molecule has 0 aromatic heterocycles. The first-order valence-corrected chi connectivity index (χ1v) is 7.76. The zero-order chi connectivity index (χ0) is 13.8. The topological polar surface area (TPSA) is 35.2 Å². The molecule has 2 rings (SSSR count). The Labute approximate surface area is 130 Å². The van der Waals surface area contributed by atoms with E-state index in [0.29, 0.717) is 10.7 Å². The summed E-state index contributed by atoms with van der Waals surface area (Å²) in [6.45, 7) is 0. The van der Waals surface area contributed by atoms with Crippen molar-refractivity contribution in [3.8, 4) is 5.75 Å². The van der Waals surface area contributed by atoms with Crippen LogP contribution in [0.15, 0.2) is 45.8 Å². The Morgan fingerprint density at radius 3 is 2.74 bits per heavy atom. The van der Waals surface area contributed by atoms with Crippen molar-refractivity contribution >= 4 is 45.0 Å². The molecule has 2 N–H and O–H groups in total. The summed E-state index contributed by atoms with van der Waals surface area (Å²) < 4.78 is 6.39. The SMILES string of the molecule is COc1ccc(Br)cc1CSc1ccc(N)cc1Cl. The number of benzene rings is 2. The number of halogens is 2. The molecule has 0 heterocycles. The summed E-state index contributed by atoms with van der Waals surface area (Å²) in [5.74, 6) is 1.66. The molecule has 0 unspecified atom stereocenters.